The van der Waals surface area contributed by atoms with Gasteiger partial charge in [0, 0.05) is 18.0 Å². The predicted molar refractivity (Wildman–Crippen MR) is 67.3 cm³/mol. The van der Waals surface area contributed by atoms with Crippen molar-refractivity contribution >= 4 is 23.5 Å². The molecule has 7 heteroatoms. The Balaban J connectivity index is 2.75. The number of rotatable bonds is 5. The van der Waals surface area contributed by atoms with Gasteiger partial charge >= 0.3 is 0 Å². The summed E-state index contributed by atoms with van der Waals surface area (Å²) in [6.07, 6.45) is 3.27. The topological polar surface area (TPSA) is 80.0 Å². The molecule has 0 saturated carbocycles. The van der Waals surface area contributed by atoms with E-state index in [1.165, 1.54) is 12.3 Å². The number of nitrogens with two attached hydrogens (primary N) is 1. The second-order valence-corrected chi connectivity index (χ2v) is 4.70. The molecule has 0 saturated heterocycles. The van der Waals surface area contributed by atoms with Gasteiger partial charge in [-0.1, -0.05) is 6.92 Å². The number of amides is 1. The Labute approximate surface area is 103 Å². The van der Waals surface area contributed by atoms with Crippen LogP contribution in [0.1, 0.15) is 17.3 Å². The number of nitrogen functional groups attached to an aromatic ring is 1. The lowest BCUT2D eigenvalue weighted by atomic mass is 10.2. The van der Waals surface area contributed by atoms with Crippen molar-refractivity contribution in [2.24, 2.45) is 5.84 Å². The molecule has 1 heterocycles. The van der Waals surface area contributed by atoms with E-state index < -0.39 is 11.7 Å². The van der Waals surface area contributed by atoms with Gasteiger partial charge in [0.15, 0.2) is 11.6 Å². The Kier molecular flexibility index (Phi) is 5.17. The minimum atomic E-state index is -0.746. The van der Waals surface area contributed by atoms with Gasteiger partial charge in [0.05, 0.1) is 5.56 Å². The molecule has 5 nitrogen and oxygen atoms in total. The Morgan fingerprint density at radius 1 is 1.71 bits per heavy atom. The third kappa shape index (κ3) is 3.57. The van der Waals surface area contributed by atoms with Crippen molar-refractivity contribution in [2.45, 2.75) is 12.2 Å². The monoisotopic (exact) mass is 258 g/mol. The van der Waals surface area contributed by atoms with Crippen molar-refractivity contribution in [3.63, 3.8) is 0 Å². The summed E-state index contributed by atoms with van der Waals surface area (Å²) in [6.45, 7) is 2.45. The van der Waals surface area contributed by atoms with Gasteiger partial charge in [-0.3, -0.25) is 4.79 Å². The maximum Gasteiger partial charge on any atom is 0.254 e. The van der Waals surface area contributed by atoms with Crippen LogP contribution in [0, 0.1) is 5.82 Å². The van der Waals surface area contributed by atoms with E-state index in [1.54, 1.807) is 11.8 Å². The normalized spacial score (nSPS) is 12.0. The van der Waals surface area contributed by atoms with Crippen LogP contribution in [0.4, 0.5) is 10.2 Å². The van der Waals surface area contributed by atoms with Crippen LogP contribution >= 0.6 is 11.8 Å². The molecule has 1 amide bonds. The van der Waals surface area contributed by atoms with E-state index >= 15 is 0 Å². The van der Waals surface area contributed by atoms with E-state index in [2.05, 4.69) is 15.7 Å². The van der Waals surface area contributed by atoms with Crippen molar-refractivity contribution in [2.75, 3.05) is 18.2 Å². The zero-order chi connectivity index (χ0) is 12.8. The predicted octanol–water partition coefficient (Wildman–Crippen LogP) is 0.988. The summed E-state index contributed by atoms with van der Waals surface area (Å²) in [6, 6.07) is 1.31. The van der Waals surface area contributed by atoms with Gasteiger partial charge in [-0.2, -0.15) is 11.8 Å². The molecular weight excluding hydrogens is 243 g/mol. The maximum absolute atomic E-state index is 13.7. The first-order valence-corrected chi connectivity index (χ1v) is 6.31. The van der Waals surface area contributed by atoms with Gasteiger partial charge in [-0.25, -0.2) is 15.2 Å². The average molecular weight is 258 g/mol. The molecule has 0 aliphatic carbocycles. The molecule has 0 spiro atoms. The molecule has 1 aromatic heterocycles. The molecule has 17 heavy (non-hydrogen) atoms. The van der Waals surface area contributed by atoms with Crippen LogP contribution in [0.2, 0.25) is 0 Å². The van der Waals surface area contributed by atoms with Gasteiger partial charge in [0.2, 0.25) is 0 Å². The van der Waals surface area contributed by atoms with Crippen LogP contribution < -0.4 is 16.6 Å². The summed E-state index contributed by atoms with van der Waals surface area (Å²) in [7, 11) is 0. The molecule has 0 aromatic carbocycles. The second kappa shape index (κ2) is 6.41. The van der Waals surface area contributed by atoms with E-state index in [0.29, 0.717) is 6.54 Å². The fourth-order valence-corrected chi connectivity index (χ4v) is 1.38. The highest BCUT2D eigenvalue weighted by molar-refractivity contribution is 7.99. The van der Waals surface area contributed by atoms with Crippen molar-refractivity contribution < 1.29 is 9.18 Å². The van der Waals surface area contributed by atoms with Gasteiger partial charge in [-0.05, 0) is 12.3 Å². The number of anilines is 1. The Bertz CT molecular complexity index is 402. The smallest absolute Gasteiger partial charge is 0.254 e. The molecule has 0 aliphatic rings. The highest BCUT2D eigenvalue weighted by Crippen LogP contribution is 2.13. The lowest BCUT2D eigenvalue weighted by Gasteiger charge is -2.11. The van der Waals surface area contributed by atoms with Crippen LogP contribution in [0.25, 0.3) is 0 Å². The summed E-state index contributed by atoms with van der Waals surface area (Å²) >= 11 is 1.62. The van der Waals surface area contributed by atoms with Crippen molar-refractivity contribution in [1.82, 2.24) is 10.3 Å². The summed E-state index contributed by atoms with van der Waals surface area (Å²) in [5.74, 6) is 3.72. The maximum atomic E-state index is 13.7. The third-order valence-electron chi connectivity index (χ3n) is 2.22. The standard InChI is InChI=1S/C10H15FN4OS/c1-6(17-2)5-14-10(16)7-3-4-13-9(15-12)8(7)11/h3-4,6H,5,12H2,1-2H3,(H,13,15)(H,14,16). The molecule has 0 fully saturated rings. The zero-order valence-electron chi connectivity index (χ0n) is 9.66. The molecular formula is C10H15FN4OS. The Morgan fingerprint density at radius 2 is 2.41 bits per heavy atom. The number of carbonyl (C=O) groups excluding carboxylic acids is 1. The Morgan fingerprint density at radius 3 is 3.00 bits per heavy atom. The largest absolute Gasteiger partial charge is 0.351 e. The fourth-order valence-electron chi connectivity index (χ4n) is 1.13. The third-order valence-corrected chi connectivity index (χ3v) is 3.19. The molecule has 0 aliphatic heterocycles. The van der Waals surface area contributed by atoms with Crippen LogP contribution in [0.3, 0.4) is 0 Å². The number of aromatic nitrogens is 1. The van der Waals surface area contributed by atoms with E-state index in [1.807, 2.05) is 13.2 Å². The van der Waals surface area contributed by atoms with Crippen LogP contribution in [0.5, 0.6) is 0 Å². The number of halogens is 1. The molecule has 94 valence electrons. The molecule has 4 N–H and O–H groups in total. The summed E-state index contributed by atoms with van der Waals surface area (Å²) < 4.78 is 13.7. The number of hydrogen-bond donors (Lipinski definition) is 3. The van der Waals surface area contributed by atoms with E-state index in [4.69, 9.17) is 5.84 Å². The second-order valence-electron chi connectivity index (χ2n) is 3.42. The minimum absolute atomic E-state index is 0.0683. The highest BCUT2D eigenvalue weighted by Gasteiger charge is 2.15. The first-order valence-electron chi connectivity index (χ1n) is 5.02. The molecule has 0 radical (unpaired) electrons. The van der Waals surface area contributed by atoms with Crippen LogP contribution in [-0.2, 0) is 0 Å². The number of hydrazine groups is 1. The first kappa shape index (κ1) is 13.7. The summed E-state index contributed by atoms with van der Waals surface area (Å²) in [5.41, 5.74) is 2.03. The molecule has 1 unspecified atom stereocenters. The lowest BCUT2D eigenvalue weighted by Crippen LogP contribution is -2.30. The summed E-state index contributed by atoms with van der Waals surface area (Å²) in [5, 5.41) is 2.92. The van der Waals surface area contributed by atoms with Gasteiger partial charge in [0.25, 0.3) is 5.91 Å². The van der Waals surface area contributed by atoms with E-state index in [0.717, 1.165) is 0 Å². The van der Waals surface area contributed by atoms with Crippen LogP contribution in [-0.4, -0.2) is 28.9 Å². The van der Waals surface area contributed by atoms with Crippen molar-refractivity contribution in [3.05, 3.63) is 23.6 Å². The fraction of sp³-hybridized carbons (Fsp3) is 0.400. The Hall–Kier alpha value is -1.34. The van der Waals surface area contributed by atoms with E-state index in [9.17, 15) is 9.18 Å². The van der Waals surface area contributed by atoms with Crippen molar-refractivity contribution in [3.8, 4) is 0 Å². The average Bonchev–Trinajstić information content (AvgIpc) is 2.35. The highest BCUT2D eigenvalue weighted by atomic mass is 32.2. The molecule has 1 rings (SSSR count). The molecule has 1 aromatic rings. The van der Waals surface area contributed by atoms with Gasteiger partial charge in [0.1, 0.15) is 0 Å². The quantitative estimate of drug-likeness (QED) is 0.542. The number of pyridine rings is 1. The SMILES string of the molecule is CSC(C)CNC(=O)c1ccnc(NN)c1F. The molecule has 1 atom stereocenters. The summed E-state index contributed by atoms with van der Waals surface area (Å²) in [4.78, 5) is 15.4. The number of nitrogens with zero attached hydrogens (tertiary/aromatic N) is 1. The number of nitrogens with one attached hydrogen (secondary N) is 2. The van der Waals surface area contributed by atoms with Gasteiger partial charge in [-0.15, -0.1) is 0 Å². The lowest BCUT2D eigenvalue weighted by molar-refractivity contribution is 0.0950. The number of thioether (sulfide) groups is 1. The zero-order valence-corrected chi connectivity index (χ0v) is 10.5. The minimum Gasteiger partial charge on any atom is -0.351 e. The first-order chi connectivity index (χ1) is 8.10. The van der Waals surface area contributed by atoms with E-state index in [-0.39, 0.29) is 16.6 Å². The molecule has 0 bridgehead atoms. The van der Waals surface area contributed by atoms with Gasteiger partial charge < -0.3 is 10.7 Å². The number of carbonyl (C=O) groups is 1. The van der Waals surface area contributed by atoms with Crippen LogP contribution in [0.15, 0.2) is 12.3 Å². The number of hydrogen-bond acceptors (Lipinski definition) is 5. The van der Waals surface area contributed by atoms with Crippen molar-refractivity contribution in [1.29, 1.82) is 0 Å².